The predicted octanol–water partition coefficient (Wildman–Crippen LogP) is 6.15. The Morgan fingerprint density at radius 1 is 1.14 bits per heavy atom. The minimum atomic E-state index is -0.808. The number of para-hydroxylation sites is 1. The summed E-state index contributed by atoms with van der Waals surface area (Å²) in [5.74, 6) is 2.29. The minimum absolute atomic E-state index is 0.148. The number of thioether (sulfide) groups is 1. The number of hydrogen-bond donors (Lipinski definition) is 0. The van der Waals surface area contributed by atoms with Gasteiger partial charge < -0.3 is 14.2 Å². The summed E-state index contributed by atoms with van der Waals surface area (Å²) >= 11 is 5.20. The molecular formula is C25H25BrN4O4S. The number of hydrogen-bond acceptors (Lipinski definition) is 8. The largest absolute Gasteiger partial charge is 0.454 e. The van der Waals surface area contributed by atoms with E-state index in [1.807, 2.05) is 36.4 Å². The molecule has 0 spiro atoms. The summed E-state index contributed by atoms with van der Waals surface area (Å²) in [6, 6.07) is 11.2. The molecule has 0 saturated carbocycles. The lowest BCUT2D eigenvalue weighted by atomic mass is 10.1. The van der Waals surface area contributed by atoms with Crippen LogP contribution in [0.15, 0.2) is 46.0 Å². The maximum Gasteiger partial charge on any atom is 0.247 e. The van der Waals surface area contributed by atoms with E-state index in [4.69, 9.17) is 19.2 Å². The van der Waals surface area contributed by atoms with Crippen LogP contribution in [0.3, 0.4) is 0 Å². The van der Waals surface area contributed by atoms with Crippen molar-refractivity contribution in [3.05, 3.63) is 46.4 Å². The van der Waals surface area contributed by atoms with Crippen molar-refractivity contribution in [3.8, 4) is 28.6 Å². The van der Waals surface area contributed by atoms with E-state index < -0.39 is 6.23 Å². The lowest BCUT2D eigenvalue weighted by molar-refractivity contribution is -0.118. The lowest BCUT2D eigenvalue weighted by Gasteiger charge is -2.30. The van der Waals surface area contributed by atoms with Gasteiger partial charge in [-0.25, -0.2) is 0 Å². The van der Waals surface area contributed by atoms with E-state index in [9.17, 15) is 4.79 Å². The first-order valence-electron chi connectivity index (χ1n) is 11.6. The molecule has 182 valence electrons. The van der Waals surface area contributed by atoms with Gasteiger partial charge in [0.15, 0.2) is 17.2 Å². The van der Waals surface area contributed by atoms with Gasteiger partial charge in [-0.3, -0.25) is 9.69 Å². The van der Waals surface area contributed by atoms with Crippen LogP contribution in [0.4, 0.5) is 5.69 Å². The second-order valence-electron chi connectivity index (χ2n) is 8.26. The summed E-state index contributed by atoms with van der Waals surface area (Å²) in [7, 11) is 0. The number of rotatable bonds is 7. The quantitative estimate of drug-likeness (QED) is 0.253. The number of anilines is 1. The normalized spacial score (nSPS) is 15.7. The molecule has 1 unspecified atom stereocenters. The molecule has 35 heavy (non-hydrogen) atoms. The highest BCUT2D eigenvalue weighted by Gasteiger charge is 2.36. The Labute approximate surface area is 216 Å². The molecule has 1 aromatic heterocycles. The van der Waals surface area contributed by atoms with Crippen LogP contribution in [-0.2, 0) is 4.79 Å². The summed E-state index contributed by atoms with van der Waals surface area (Å²) in [6.07, 6.45) is 3.88. The smallest absolute Gasteiger partial charge is 0.247 e. The van der Waals surface area contributed by atoms with Crippen LogP contribution in [0.2, 0.25) is 0 Å². The van der Waals surface area contributed by atoms with Crippen molar-refractivity contribution in [1.82, 2.24) is 15.2 Å². The van der Waals surface area contributed by atoms with Gasteiger partial charge in [-0.2, -0.15) is 4.98 Å². The van der Waals surface area contributed by atoms with Crippen molar-refractivity contribution < 1.29 is 19.0 Å². The van der Waals surface area contributed by atoms with Crippen molar-refractivity contribution in [3.63, 3.8) is 0 Å². The molecule has 1 amide bonds. The highest BCUT2D eigenvalue weighted by Crippen LogP contribution is 2.47. The fourth-order valence-corrected chi connectivity index (χ4v) is 5.43. The number of ether oxygens (including phenoxy) is 3. The van der Waals surface area contributed by atoms with E-state index in [1.54, 1.807) is 16.7 Å². The molecule has 8 nitrogen and oxygen atoms in total. The molecule has 3 aromatic rings. The molecule has 2 aliphatic rings. The van der Waals surface area contributed by atoms with Gasteiger partial charge in [0.25, 0.3) is 0 Å². The highest BCUT2D eigenvalue weighted by atomic mass is 79.9. The number of carbonyl (C=O) groups is 1. The molecule has 0 aliphatic carbocycles. The van der Waals surface area contributed by atoms with Crippen molar-refractivity contribution in [2.45, 2.75) is 50.9 Å². The molecule has 0 fully saturated rings. The third-order valence-corrected chi connectivity index (χ3v) is 7.45. The second-order valence-corrected chi connectivity index (χ2v) is 10.2. The molecule has 0 N–H and O–H groups in total. The summed E-state index contributed by atoms with van der Waals surface area (Å²) in [6.45, 7) is 3.86. The maximum absolute atomic E-state index is 13.0. The first kappa shape index (κ1) is 23.9. The van der Waals surface area contributed by atoms with Crippen molar-refractivity contribution in [2.75, 3.05) is 17.4 Å². The Balaban J connectivity index is 1.57. The van der Waals surface area contributed by atoms with Gasteiger partial charge in [-0.15, -0.1) is 10.2 Å². The Kier molecular flexibility index (Phi) is 7.10. The number of aromatic nitrogens is 3. The lowest BCUT2D eigenvalue weighted by Crippen LogP contribution is -2.36. The van der Waals surface area contributed by atoms with E-state index >= 15 is 0 Å². The minimum Gasteiger partial charge on any atom is -0.454 e. The SMILES string of the molecule is CCCCCCSc1nnc2c(n1)OC(c1cc3c(cc1Br)OCO3)N(C(C)=O)c1ccccc1-2. The Morgan fingerprint density at radius 2 is 1.94 bits per heavy atom. The average molecular weight is 557 g/mol. The van der Waals surface area contributed by atoms with Crippen molar-refractivity contribution in [2.24, 2.45) is 0 Å². The highest BCUT2D eigenvalue weighted by molar-refractivity contribution is 9.10. The average Bonchev–Trinajstić information content (AvgIpc) is 3.24. The fourth-order valence-electron chi connectivity index (χ4n) is 4.13. The predicted molar refractivity (Wildman–Crippen MR) is 137 cm³/mol. The summed E-state index contributed by atoms with van der Waals surface area (Å²) in [5, 5.41) is 9.39. The molecule has 0 saturated heterocycles. The van der Waals surface area contributed by atoms with Crippen LogP contribution in [0.25, 0.3) is 11.3 Å². The number of unbranched alkanes of at least 4 members (excludes halogenated alkanes) is 3. The Bertz CT molecular complexity index is 1260. The molecule has 2 aliphatic heterocycles. The molecule has 10 heteroatoms. The third-order valence-electron chi connectivity index (χ3n) is 5.84. The zero-order valence-electron chi connectivity index (χ0n) is 19.5. The molecular weight excluding hydrogens is 532 g/mol. The van der Waals surface area contributed by atoms with Crippen LogP contribution < -0.4 is 19.1 Å². The van der Waals surface area contributed by atoms with E-state index in [-0.39, 0.29) is 12.7 Å². The monoisotopic (exact) mass is 556 g/mol. The molecule has 0 radical (unpaired) electrons. The Hall–Kier alpha value is -2.85. The molecule has 5 rings (SSSR count). The second kappa shape index (κ2) is 10.4. The molecule has 2 aromatic carbocycles. The van der Waals surface area contributed by atoms with E-state index in [1.165, 1.54) is 26.2 Å². The number of nitrogens with zero attached hydrogens (tertiary/aromatic N) is 4. The van der Waals surface area contributed by atoms with E-state index in [0.29, 0.717) is 39.5 Å². The topological polar surface area (TPSA) is 86.7 Å². The molecule has 3 heterocycles. The van der Waals surface area contributed by atoms with Crippen molar-refractivity contribution >= 4 is 39.3 Å². The van der Waals surface area contributed by atoms with Gasteiger partial charge in [0, 0.05) is 28.3 Å². The van der Waals surface area contributed by atoms with E-state index in [0.717, 1.165) is 22.2 Å². The summed E-state index contributed by atoms with van der Waals surface area (Å²) in [5.41, 5.74) is 2.61. The number of amides is 1. The number of benzene rings is 2. The van der Waals surface area contributed by atoms with E-state index in [2.05, 4.69) is 33.1 Å². The van der Waals surface area contributed by atoms with Gasteiger partial charge in [0.1, 0.15) is 0 Å². The number of fused-ring (bicyclic) bond motifs is 4. The standard InChI is InChI=1S/C25H25BrN4O4S/c1-3-4-5-8-11-35-25-27-23-22(28-29-25)16-9-6-7-10-19(16)30(15(2)31)24(34-23)17-12-20-21(13-18(17)26)33-14-32-20/h6-7,9-10,12-13,24H,3-5,8,11,14H2,1-2H3. The van der Waals surface area contributed by atoms with Crippen LogP contribution in [0, 0.1) is 0 Å². The van der Waals surface area contributed by atoms with Crippen molar-refractivity contribution in [1.29, 1.82) is 0 Å². The summed E-state index contributed by atoms with van der Waals surface area (Å²) < 4.78 is 18.3. The van der Waals surface area contributed by atoms with Crippen LogP contribution >= 0.6 is 27.7 Å². The molecule has 1 atom stereocenters. The van der Waals surface area contributed by atoms with Gasteiger partial charge in [0.2, 0.25) is 30.0 Å². The first-order chi connectivity index (χ1) is 17.1. The summed E-state index contributed by atoms with van der Waals surface area (Å²) in [4.78, 5) is 19.3. The Morgan fingerprint density at radius 3 is 2.74 bits per heavy atom. The van der Waals surface area contributed by atoms with Crippen LogP contribution in [0.1, 0.15) is 51.3 Å². The number of carbonyl (C=O) groups excluding carboxylic acids is 1. The third kappa shape index (κ3) is 4.81. The first-order valence-corrected chi connectivity index (χ1v) is 13.4. The van der Waals surface area contributed by atoms with Gasteiger partial charge in [0.05, 0.1) is 5.69 Å². The van der Waals surface area contributed by atoms with Gasteiger partial charge in [-0.1, -0.05) is 72.1 Å². The van der Waals surface area contributed by atoms with Gasteiger partial charge >= 0.3 is 0 Å². The number of halogens is 1. The molecule has 0 bridgehead atoms. The fraction of sp³-hybridized carbons (Fsp3) is 0.360. The zero-order chi connectivity index (χ0) is 24.4. The van der Waals surface area contributed by atoms with Crippen LogP contribution in [-0.4, -0.2) is 33.6 Å². The van der Waals surface area contributed by atoms with Gasteiger partial charge in [-0.05, 0) is 24.6 Å². The van der Waals surface area contributed by atoms with Crippen LogP contribution in [0.5, 0.6) is 17.4 Å². The maximum atomic E-state index is 13.0. The zero-order valence-corrected chi connectivity index (χ0v) is 21.9.